The number of urea groups is 1. The van der Waals surface area contributed by atoms with E-state index in [-0.39, 0.29) is 23.2 Å². The molecule has 6 heteroatoms. The second-order valence-electron chi connectivity index (χ2n) is 6.60. The number of fused-ring (bicyclic) bond motifs is 1. The maximum Gasteiger partial charge on any atom is 0.332 e. The van der Waals surface area contributed by atoms with Crippen molar-refractivity contribution < 1.29 is 14.3 Å². The van der Waals surface area contributed by atoms with Gasteiger partial charge in [-0.25, -0.2) is 9.69 Å². The van der Waals surface area contributed by atoms with Crippen molar-refractivity contribution in [1.29, 1.82) is 0 Å². The van der Waals surface area contributed by atoms with Crippen LogP contribution in [-0.4, -0.2) is 35.2 Å². The van der Waals surface area contributed by atoms with Gasteiger partial charge in [0.25, 0.3) is 5.91 Å². The average Bonchev–Trinajstić information content (AvgIpc) is 3.17. The fourth-order valence-corrected chi connectivity index (χ4v) is 4.56. The lowest BCUT2D eigenvalue weighted by molar-refractivity contribution is -0.119. The molecule has 1 fully saturated rings. The summed E-state index contributed by atoms with van der Waals surface area (Å²) in [7, 11) is 1.62. The minimum absolute atomic E-state index is 0.156. The van der Waals surface area contributed by atoms with Gasteiger partial charge in [0, 0.05) is 6.54 Å². The zero-order valence-electron chi connectivity index (χ0n) is 15.2. The van der Waals surface area contributed by atoms with Crippen molar-refractivity contribution in [2.45, 2.75) is 24.8 Å². The molecular weight excluding hydrogens is 360 g/mol. The van der Waals surface area contributed by atoms with Crippen LogP contribution in [0.3, 0.4) is 0 Å². The molecule has 1 saturated heterocycles. The number of hydrogen-bond donors (Lipinski definition) is 0. The van der Waals surface area contributed by atoms with Crippen molar-refractivity contribution in [1.82, 2.24) is 4.90 Å². The summed E-state index contributed by atoms with van der Waals surface area (Å²) in [6.07, 6.45) is 1.94. The Hall–Kier alpha value is -2.73. The van der Waals surface area contributed by atoms with Crippen molar-refractivity contribution >= 4 is 29.4 Å². The van der Waals surface area contributed by atoms with E-state index in [1.54, 1.807) is 12.0 Å². The Bertz CT molecular complexity index is 927. The topological polar surface area (TPSA) is 49.9 Å². The molecule has 0 saturated carbocycles. The van der Waals surface area contributed by atoms with E-state index in [2.05, 4.69) is 0 Å². The summed E-state index contributed by atoms with van der Waals surface area (Å²) in [4.78, 5) is 29.5. The molecule has 2 aromatic carbocycles. The molecule has 2 aliphatic heterocycles. The number of carbonyl (C=O) groups excluding carboxylic acids is 2. The Morgan fingerprint density at radius 3 is 2.70 bits per heavy atom. The lowest BCUT2D eigenvalue weighted by Gasteiger charge is -2.41. The van der Waals surface area contributed by atoms with Crippen LogP contribution < -0.4 is 9.64 Å². The van der Waals surface area contributed by atoms with E-state index >= 15 is 0 Å². The van der Waals surface area contributed by atoms with Gasteiger partial charge < -0.3 is 9.64 Å². The predicted molar refractivity (Wildman–Crippen MR) is 107 cm³/mol. The smallest absolute Gasteiger partial charge is 0.332 e. The lowest BCUT2D eigenvalue weighted by atomic mass is 10.0. The van der Waals surface area contributed by atoms with E-state index in [0.29, 0.717) is 12.2 Å². The predicted octanol–water partition coefficient (Wildman–Crippen LogP) is 3.97. The van der Waals surface area contributed by atoms with Gasteiger partial charge in [0.1, 0.15) is 11.0 Å². The highest BCUT2D eigenvalue weighted by molar-refractivity contribution is 8.03. The normalized spacial score (nSPS) is 21.6. The van der Waals surface area contributed by atoms with Gasteiger partial charge in [0.2, 0.25) is 0 Å². The van der Waals surface area contributed by atoms with Crippen molar-refractivity contribution in [3.63, 3.8) is 0 Å². The number of benzene rings is 2. The second-order valence-corrected chi connectivity index (χ2v) is 7.65. The zero-order valence-corrected chi connectivity index (χ0v) is 16.0. The van der Waals surface area contributed by atoms with Gasteiger partial charge in [-0.15, -0.1) is 11.8 Å². The quantitative estimate of drug-likeness (QED) is 0.805. The van der Waals surface area contributed by atoms with E-state index < -0.39 is 0 Å². The van der Waals surface area contributed by atoms with Gasteiger partial charge in [0.15, 0.2) is 0 Å². The SMILES string of the molecule is COc1cccc(CN2C(=O)N(c3ccccc3C)C(=O)C3SC=CC32)c1. The molecule has 0 bridgehead atoms. The van der Waals surface area contributed by atoms with E-state index in [1.165, 1.54) is 16.7 Å². The maximum atomic E-state index is 13.3. The first-order chi connectivity index (χ1) is 13.1. The first-order valence-electron chi connectivity index (χ1n) is 8.75. The number of aryl methyl sites for hydroxylation is 1. The molecule has 0 aliphatic carbocycles. The fraction of sp³-hybridized carbons (Fsp3) is 0.238. The fourth-order valence-electron chi connectivity index (χ4n) is 3.52. The van der Waals surface area contributed by atoms with Crippen LogP contribution in [0.15, 0.2) is 60.0 Å². The summed E-state index contributed by atoms with van der Waals surface area (Å²) in [5.74, 6) is 0.591. The first kappa shape index (κ1) is 17.7. The van der Waals surface area contributed by atoms with Crippen LogP contribution in [-0.2, 0) is 11.3 Å². The number of para-hydroxylation sites is 1. The molecule has 0 spiro atoms. The van der Waals surface area contributed by atoms with E-state index in [1.807, 2.05) is 66.9 Å². The monoisotopic (exact) mass is 380 g/mol. The number of anilines is 1. The Kier molecular flexibility index (Phi) is 4.66. The summed E-state index contributed by atoms with van der Waals surface area (Å²) >= 11 is 1.47. The highest BCUT2D eigenvalue weighted by atomic mass is 32.2. The minimum atomic E-state index is -0.312. The molecule has 138 valence electrons. The van der Waals surface area contributed by atoms with Gasteiger partial charge in [-0.05, 0) is 41.7 Å². The number of hydrogen-bond acceptors (Lipinski definition) is 4. The third kappa shape index (κ3) is 3.10. The van der Waals surface area contributed by atoms with Crippen molar-refractivity contribution in [3.8, 4) is 5.75 Å². The molecule has 2 aliphatic rings. The minimum Gasteiger partial charge on any atom is -0.497 e. The molecule has 27 heavy (non-hydrogen) atoms. The van der Waals surface area contributed by atoms with Gasteiger partial charge >= 0.3 is 6.03 Å². The number of imide groups is 1. The number of thioether (sulfide) groups is 1. The standard InChI is InChI=1S/C21H20N2O3S/c1-14-6-3-4-9-17(14)23-20(24)19-18(10-11-27-19)22(21(23)25)13-15-7-5-8-16(12-15)26-2/h3-12,18-19H,13H2,1-2H3. The highest BCUT2D eigenvalue weighted by Crippen LogP contribution is 2.37. The van der Waals surface area contributed by atoms with Crippen LogP contribution in [0, 0.1) is 6.92 Å². The summed E-state index contributed by atoms with van der Waals surface area (Å²) in [6, 6.07) is 14.6. The van der Waals surface area contributed by atoms with Crippen LogP contribution >= 0.6 is 11.8 Å². The summed E-state index contributed by atoms with van der Waals surface area (Å²) < 4.78 is 5.29. The molecule has 2 heterocycles. The van der Waals surface area contributed by atoms with Gasteiger partial charge in [-0.1, -0.05) is 36.4 Å². The maximum absolute atomic E-state index is 13.3. The Labute approximate surface area is 162 Å². The third-order valence-electron chi connectivity index (χ3n) is 4.92. The molecular formula is C21H20N2O3S. The van der Waals surface area contributed by atoms with Gasteiger partial charge in [-0.3, -0.25) is 4.79 Å². The molecule has 0 N–H and O–H groups in total. The number of nitrogens with zero attached hydrogens (tertiary/aromatic N) is 2. The van der Waals surface area contributed by atoms with E-state index in [0.717, 1.165) is 16.9 Å². The van der Waals surface area contributed by atoms with Crippen LogP contribution in [0.1, 0.15) is 11.1 Å². The van der Waals surface area contributed by atoms with E-state index in [4.69, 9.17) is 4.74 Å². The van der Waals surface area contributed by atoms with Gasteiger partial charge in [0.05, 0.1) is 18.8 Å². The molecule has 5 nitrogen and oxygen atoms in total. The van der Waals surface area contributed by atoms with Crippen molar-refractivity contribution in [2.75, 3.05) is 12.0 Å². The van der Waals surface area contributed by atoms with Gasteiger partial charge in [-0.2, -0.15) is 0 Å². The number of ether oxygens (including phenoxy) is 1. The van der Waals surface area contributed by atoms with Crippen LogP contribution in [0.2, 0.25) is 0 Å². The molecule has 4 rings (SSSR count). The van der Waals surface area contributed by atoms with E-state index in [9.17, 15) is 9.59 Å². The molecule has 0 aromatic heterocycles. The van der Waals surface area contributed by atoms with Crippen LogP contribution in [0.4, 0.5) is 10.5 Å². The molecule has 0 radical (unpaired) electrons. The Morgan fingerprint density at radius 2 is 1.93 bits per heavy atom. The Balaban J connectivity index is 1.71. The summed E-state index contributed by atoms with van der Waals surface area (Å²) in [5.41, 5.74) is 2.51. The molecule has 2 aromatic rings. The number of amides is 3. The molecule has 2 atom stereocenters. The van der Waals surface area contributed by atoms with Crippen molar-refractivity contribution in [3.05, 3.63) is 71.1 Å². The average molecular weight is 380 g/mol. The zero-order chi connectivity index (χ0) is 19.0. The number of carbonyl (C=O) groups is 2. The third-order valence-corrected chi connectivity index (χ3v) is 6.00. The number of methoxy groups -OCH3 is 1. The van der Waals surface area contributed by atoms with Crippen molar-refractivity contribution in [2.24, 2.45) is 0 Å². The summed E-state index contributed by atoms with van der Waals surface area (Å²) in [5, 5.41) is 1.60. The molecule has 3 amide bonds. The Morgan fingerprint density at radius 1 is 1.11 bits per heavy atom. The lowest BCUT2D eigenvalue weighted by Crippen LogP contribution is -2.61. The first-order valence-corrected chi connectivity index (χ1v) is 9.69. The summed E-state index contributed by atoms with van der Waals surface area (Å²) in [6.45, 7) is 2.33. The van der Waals surface area contributed by atoms with Crippen LogP contribution in [0.25, 0.3) is 0 Å². The number of rotatable bonds is 4. The van der Waals surface area contributed by atoms with Crippen LogP contribution in [0.5, 0.6) is 5.75 Å². The highest BCUT2D eigenvalue weighted by Gasteiger charge is 2.48. The largest absolute Gasteiger partial charge is 0.497 e. The second kappa shape index (κ2) is 7.12. The molecule has 2 unspecified atom stereocenters.